The lowest BCUT2D eigenvalue weighted by atomic mass is 10.3. The van der Waals surface area contributed by atoms with Gasteiger partial charge in [-0.25, -0.2) is 0 Å². The fourth-order valence-corrected chi connectivity index (χ4v) is 2.19. The monoisotopic (exact) mass is 210 g/mol. The molecule has 0 aliphatic heterocycles. The Bertz CT molecular complexity index is 515. The summed E-state index contributed by atoms with van der Waals surface area (Å²) in [6, 6.07) is 0. The molecule has 2 rings (SSSR count). The number of nitrogens with two attached hydrogens (primary N) is 1. The van der Waals surface area contributed by atoms with Crippen molar-refractivity contribution in [2.45, 2.75) is 13.3 Å². The molecule has 5 heteroatoms. The van der Waals surface area contributed by atoms with Gasteiger partial charge in [0.15, 0.2) is 4.90 Å². The van der Waals surface area contributed by atoms with E-state index in [-0.39, 0.29) is 5.56 Å². The molecule has 2 heterocycles. The standard InChI is InChI=1S/C9H10N2O2S/c1-5-4-14-9-7(5)8(12)11-6(13-9)2-3-10/h4H,2-3,10H2,1H3. The van der Waals surface area contributed by atoms with Crippen molar-refractivity contribution in [3.05, 3.63) is 27.2 Å². The summed E-state index contributed by atoms with van der Waals surface area (Å²) in [7, 11) is 0. The first-order valence-corrected chi connectivity index (χ1v) is 5.18. The van der Waals surface area contributed by atoms with Crippen molar-refractivity contribution in [1.82, 2.24) is 4.98 Å². The zero-order valence-electron chi connectivity index (χ0n) is 7.74. The van der Waals surface area contributed by atoms with Crippen LogP contribution in [0.15, 0.2) is 14.6 Å². The van der Waals surface area contributed by atoms with Crippen LogP contribution in [0.4, 0.5) is 0 Å². The Labute approximate surface area is 84.4 Å². The van der Waals surface area contributed by atoms with Crippen LogP contribution in [0, 0.1) is 6.92 Å². The number of thiophene rings is 1. The van der Waals surface area contributed by atoms with Gasteiger partial charge < -0.3 is 10.2 Å². The summed E-state index contributed by atoms with van der Waals surface area (Å²) >= 11 is 1.42. The van der Waals surface area contributed by atoms with E-state index in [4.69, 9.17) is 10.2 Å². The summed E-state index contributed by atoms with van der Waals surface area (Å²) in [6.45, 7) is 2.31. The van der Waals surface area contributed by atoms with Crippen LogP contribution in [0.25, 0.3) is 10.3 Å². The molecule has 2 N–H and O–H groups in total. The summed E-state index contributed by atoms with van der Waals surface area (Å²) < 4.78 is 5.43. The largest absolute Gasteiger partial charge is 0.431 e. The Morgan fingerprint density at radius 2 is 2.43 bits per heavy atom. The number of hydrogen-bond acceptors (Lipinski definition) is 5. The summed E-state index contributed by atoms with van der Waals surface area (Å²) in [5.41, 5.74) is 6.07. The highest BCUT2D eigenvalue weighted by atomic mass is 32.1. The van der Waals surface area contributed by atoms with Crippen molar-refractivity contribution in [2.75, 3.05) is 6.54 Å². The SMILES string of the molecule is Cc1csc2oc(CCN)nc(=O)c12. The van der Waals surface area contributed by atoms with Gasteiger partial charge in [0.05, 0.1) is 5.39 Å². The molecule has 2 aromatic heterocycles. The number of nitrogens with zero attached hydrogens (tertiary/aromatic N) is 1. The average Bonchev–Trinajstić information content (AvgIpc) is 2.48. The molecule has 0 spiro atoms. The van der Waals surface area contributed by atoms with Crippen LogP contribution >= 0.6 is 11.3 Å². The lowest BCUT2D eigenvalue weighted by Crippen LogP contribution is -2.12. The number of hydrogen-bond donors (Lipinski definition) is 1. The van der Waals surface area contributed by atoms with Crippen molar-refractivity contribution in [3.8, 4) is 0 Å². The van der Waals surface area contributed by atoms with E-state index in [1.165, 1.54) is 11.3 Å². The minimum atomic E-state index is -0.214. The van der Waals surface area contributed by atoms with Gasteiger partial charge in [0.1, 0.15) is 0 Å². The molecule has 2 aromatic rings. The van der Waals surface area contributed by atoms with Crippen molar-refractivity contribution in [2.24, 2.45) is 5.73 Å². The van der Waals surface area contributed by atoms with Gasteiger partial charge in [0, 0.05) is 13.0 Å². The molecule has 0 aliphatic carbocycles. The van der Waals surface area contributed by atoms with Crippen LogP contribution in [0.5, 0.6) is 0 Å². The normalized spacial score (nSPS) is 11.0. The van der Waals surface area contributed by atoms with Crippen molar-refractivity contribution in [1.29, 1.82) is 0 Å². The molecule has 0 aliphatic rings. The van der Waals surface area contributed by atoms with Gasteiger partial charge in [-0.05, 0) is 17.9 Å². The van der Waals surface area contributed by atoms with Crippen molar-refractivity contribution in [3.63, 3.8) is 0 Å². The molecule has 0 saturated heterocycles. The first-order chi connectivity index (χ1) is 6.72. The predicted molar refractivity (Wildman–Crippen MR) is 55.7 cm³/mol. The maximum absolute atomic E-state index is 11.6. The van der Waals surface area contributed by atoms with Crippen molar-refractivity contribution >= 4 is 21.6 Å². The van der Waals surface area contributed by atoms with E-state index in [9.17, 15) is 4.79 Å². The maximum atomic E-state index is 11.6. The van der Waals surface area contributed by atoms with Gasteiger partial charge in [-0.3, -0.25) is 4.79 Å². The fraction of sp³-hybridized carbons (Fsp3) is 0.333. The second kappa shape index (κ2) is 3.51. The van der Waals surface area contributed by atoms with Gasteiger partial charge in [-0.1, -0.05) is 0 Å². The Hall–Kier alpha value is -1.20. The summed E-state index contributed by atoms with van der Waals surface area (Å²) in [6.07, 6.45) is 0.502. The van der Waals surface area contributed by atoms with E-state index in [1.54, 1.807) is 0 Å². The third-order valence-electron chi connectivity index (χ3n) is 1.95. The zero-order valence-corrected chi connectivity index (χ0v) is 8.56. The number of aryl methyl sites for hydroxylation is 1. The van der Waals surface area contributed by atoms with Gasteiger partial charge in [0.25, 0.3) is 5.56 Å². The first-order valence-electron chi connectivity index (χ1n) is 4.30. The third kappa shape index (κ3) is 1.44. The van der Waals surface area contributed by atoms with Crippen LogP contribution in [0.3, 0.4) is 0 Å². The minimum absolute atomic E-state index is 0.214. The molecule has 0 atom stereocenters. The molecular formula is C9H10N2O2S. The molecular weight excluding hydrogens is 200 g/mol. The Morgan fingerprint density at radius 3 is 3.14 bits per heavy atom. The van der Waals surface area contributed by atoms with Crippen LogP contribution < -0.4 is 11.3 Å². The predicted octanol–water partition coefficient (Wildman–Crippen LogP) is 1.06. The topological polar surface area (TPSA) is 69.1 Å². The molecule has 14 heavy (non-hydrogen) atoms. The van der Waals surface area contributed by atoms with Gasteiger partial charge >= 0.3 is 0 Å². The van der Waals surface area contributed by atoms with E-state index in [1.807, 2.05) is 12.3 Å². The van der Waals surface area contributed by atoms with E-state index in [0.29, 0.717) is 29.1 Å². The van der Waals surface area contributed by atoms with Crippen LogP contribution in [-0.4, -0.2) is 11.5 Å². The average molecular weight is 210 g/mol. The Balaban J connectivity index is 2.68. The molecule has 74 valence electrons. The highest BCUT2D eigenvalue weighted by Gasteiger charge is 2.09. The first kappa shape index (κ1) is 9.36. The van der Waals surface area contributed by atoms with Crippen LogP contribution in [-0.2, 0) is 6.42 Å². The second-order valence-electron chi connectivity index (χ2n) is 3.03. The summed E-state index contributed by atoms with van der Waals surface area (Å²) in [5, 5.41) is 2.49. The van der Waals surface area contributed by atoms with Gasteiger partial charge in [-0.2, -0.15) is 4.98 Å². The molecule has 0 unspecified atom stereocenters. The summed E-state index contributed by atoms with van der Waals surface area (Å²) in [4.78, 5) is 16.0. The molecule has 0 radical (unpaired) electrons. The molecule has 4 nitrogen and oxygen atoms in total. The van der Waals surface area contributed by atoms with Crippen molar-refractivity contribution < 1.29 is 4.42 Å². The molecule has 0 bridgehead atoms. The molecule has 0 fully saturated rings. The van der Waals surface area contributed by atoms with E-state index in [0.717, 1.165) is 5.56 Å². The molecule has 0 saturated carbocycles. The van der Waals surface area contributed by atoms with Gasteiger partial charge in [-0.15, -0.1) is 11.3 Å². The highest BCUT2D eigenvalue weighted by molar-refractivity contribution is 7.16. The quantitative estimate of drug-likeness (QED) is 0.804. The van der Waals surface area contributed by atoms with Gasteiger partial charge in [0.2, 0.25) is 5.89 Å². The molecule has 0 amide bonds. The van der Waals surface area contributed by atoms with Crippen LogP contribution in [0.1, 0.15) is 11.5 Å². The Kier molecular flexibility index (Phi) is 2.35. The van der Waals surface area contributed by atoms with Crippen LogP contribution in [0.2, 0.25) is 0 Å². The second-order valence-corrected chi connectivity index (χ2v) is 3.87. The fourth-order valence-electron chi connectivity index (χ4n) is 1.28. The lowest BCUT2D eigenvalue weighted by Gasteiger charge is -1.96. The lowest BCUT2D eigenvalue weighted by molar-refractivity contribution is 0.512. The maximum Gasteiger partial charge on any atom is 0.284 e. The number of aromatic nitrogens is 1. The third-order valence-corrected chi connectivity index (χ3v) is 2.92. The van der Waals surface area contributed by atoms with E-state index >= 15 is 0 Å². The number of fused-ring (bicyclic) bond motifs is 1. The molecule has 0 aromatic carbocycles. The highest BCUT2D eigenvalue weighted by Crippen LogP contribution is 2.22. The Morgan fingerprint density at radius 1 is 1.64 bits per heavy atom. The zero-order chi connectivity index (χ0) is 10.1. The summed E-state index contributed by atoms with van der Waals surface area (Å²) in [5.74, 6) is 0.423. The van der Waals surface area contributed by atoms with E-state index in [2.05, 4.69) is 4.98 Å². The van der Waals surface area contributed by atoms with E-state index < -0.39 is 0 Å². The minimum Gasteiger partial charge on any atom is -0.431 e. The number of rotatable bonds is 2. The smallest absolute Gasteiger partial charge is 0.284 e.